The van der Waals surface area contributed by atoms with Crippen molar-refractivity contribution in [2.75, 3.05) is 31.1 Å². The summed E-state index contributed by atoms with van der Waals surface area (Å²) in [6.07, 6.45) is 4.66. The highest BCUT2D eigenvalue weighted by molar-refractivity contribution is 6.62. The lowest BCUT2D eigenvalue weighted by Crippen LogP contribution is -2.57. The van der Waals surface area contributed by atoms with Crippen LogP contribution in [0.4, 0.5) is 5.69 Å². The molecule has 0 aromatic heterocycles. The van der Waals surface area contributed by atoms with Gasteiger partial charge < -0.3 is 19.1 Å². The fourth-order valence-corrected chi connectivity index (χ4v) is 7.32. The molecule has 3 saturated heterocycles. The zero-order chi connectivity index (χ0) is 27.3. The lowest BCUT2D eigenvalue weighted by molar-refractivity contribution is -0.134. The lowest BCUT2D eigenvalue weighted by atomic mass is 9.71. The van der Waals surface area contributed by atoms with Gasteiger partial charge in [0.25, 0.3) is 0 Å². The first-order valence-corrected chi connectivity index (χ1v) is 14.6. The second kappa shape index (κ2) is 8.55. The third-order valence-corrected chi connectivity index (χ3v) is 10.7. The predicted molar refractivity (Wildman–Crippen MR) is 150 cm³/mol. The van der Waals surface area contributed by atoms with Crippen LogP contribution in [0.5, 0.6) is 0 Å². The normalized spacial score (nSPS) is 31.1. The van der Waals surface area contributed by atoms with Gasteiger partial charge in [0.2, 0.25) is 11.8 Å². The zero-order valence-electron chi connectivity index (χ0n) is 24.3. The van der Waals surface area contributed by atoms with Crippen LogP contribution in [0.1, 0.15) is 86.1 Å². The van der Waals surface area contributed by atoms with E-state index in [1.54, 1.807) is 6.92 Å². The third kappa shape index (κ3) is 3.96. The average Bonchev–Trinajstić information content (AvgIpc) is 3.36. The van der Waals surface area contributed by atoms with Crippen LogP contribution in [0.25, 0.3) is 0 Å². The molecule has 0 radical (unpaired) electrons. The summed E-state index contributed by atoms with van der Waals surface area (Å²) in [6, 6.07) is 7.17. The summed E-state index contributed by atoms with van der Waals surface area (Å²) in [4.78, 5) is 33.1. The maximum atomic E-state index is 14.4. The molecule has 4 aliphatic heterocycles. The SMILES string of the molecule is CC(=O)N1CCC2(CC1)C(=O)N([C@H]1C[C@@H](N3CCC(C)(C)C3)C1)c1cc(B3OC(C)(C)C(C)(C)O3)ccc12. The van der Waals surface area contributed by atoms with Gasteiger partial charge in [-0.3, -0.25) is 14.5 Å². The van der Waals surface area contributed by atoms with E-state index in [0.717, 1.165) is 42.6 Å². The Morgan fingerprint density at radius 2 is 1.55 bits per heavy atom. The van der Waals surface area contributed by atoms with E-state index in [0.29, 0.717) is 37.4 Å². The summed E-state index contributed by atoms with van der Waals surface area (Å²) in [7, 11) is -0.459. The number of hydrogen-bond acceptors (Lipinski definition) is 5. The molecule has 0 N–H and O–H groups in total. The highest BCUT2D eigenvalue weighted by atomic mass is 16.7. The number of carbonyl (C=O) groups is 2. The fraction of sp³-hybridized carbons (Fsp3) is 0.733. The van der Waals surface area contributed by atoms with Crippen molar-refractivity contribution in [1.82, 2.24) is 9.80 Å². The Bertz CT molecular complexity index is 1130. The van der Waals surface area contributed by atoms with E-state index in [9.17, 15) is 9.59 Å². The molecule has 1 aromatic carbocycles. The highest BCUT2D eigenvalue weighted by Gasteiger charge is 2.57. The maximum absolute atomic E-state index is 14.4. The van der Waals surface area contributed by atoms with Crippen LogP contribution < -0.4 is 10.4 Å². The number of amides is 2. The minimum Gasteiger partial charge on any atom is -0.399 e. The summed E-state index contributed by atoms with van der Waals surface area (Å²) in [5.41, 5.74) is 2.12. The number of anilines is 1. The Balaban J connectivity index is 1.30. The molecule has 0 unspecified atom stereocenters. The molecule has 4 fully saturated rings. The topological polar surface area (TPSA) is 62.3 Å². The van der Waals surface area contributed by atoms with Crippen molar-refractivity contribution in [3.05, 3.63) is 23.8 Å². The van der Waals surface area contributed by atoms with Crippen molar-refractivity contribution in [1.29, 1.82) is 0 Å². The Labute approximate surface area is 228 Å². The summed E-state index contributed by atoms with van der Waals surface area (Å²) in [6.45, 7) is 18.2. The second-order valence-electron chi connectivity index (χ2n) is 14.3. The predicted octanol–water partition coefficient (Wildman–Crippen LogP) is 3.48. The number of benzene rings is 1. The van der Waals surface area contributed by atoms with Crippen molar-refractivity contribution in [3.8, 4) is 0 Å². The first-order chi connectivity index (χ1) is 17.7. The van der Waals surface area contributed by atoms with Gasteiger partial charge in [0.15, 0.2) is 0 Å². The molecule has 8 heteroatoms. The molecule has 2 amide bonds. The standard InChI is InChI=1S/C30H44BN3O4/c1-20(35)32-14-11-30(12-15-32)24-9-8-21(31-37-28(4,5)29(6,7)38-31)16-25(24)34(26(30)36)23-17-22(18-23)33-13-10-27(2,3)19-33/h8-9,16,22-23H,10-15,17-19H2,1-7H3/t22-,23+. The number of piperidine rings is 1. The van der Waals surface area contributed by atoms with E-state index in [1.807, 2.05) is 4.90 Å². The smallest absolute Gasteiger partial charge is 0.399 e. The van der Waals surface area contributed by atoms with Crippen LogP contribution in [0.2, 0.25) is 0 Å². The Kier molecular flexibility index (Phi) is 5.93. The molecule has 7 nitrogen and oxygen atoms in total. The number of fused-ring (bicyclic) bond motifs is 2. The van der Waals surface area contributed by atoms with E-state index in [1.165, 1.54) is 6.42 Å². The number of nitrogens with zero attached hydrogens (tertiary/aromatic N) is 3. The Morgan fingerprint density at radius 1 is 0.921 bits per heavy atom. The Morgan fingerprint density at radius 3 is 2.11 bits per heavy atom. The molecule has 0 atom stereocenters. The van der Waals surface area contributed by atoms with E-state index in [2.05, 4.69) is 69.5 Å². The van der Waals surface area contributed by atoms with Crippen molar-refractivity contribution in [2.24, 2.45) is 5.41 Å². The average molecular weight is 522 g/mol. The van der Waals surface area contributed by atoms with Gasteiger partial charge in [-0.1, -0.05) is 26.0 Å². The molecule has 5 aliphatic rings. The van der Waals surface area contributed by atoms with E-state index in [-0.39, 0.29) is 17.9 Å². The molecule has 4 heterocycles. The molecular formula is C30H44BN3O4. The largest absolute Gasteiger partial charge is 0.494 e. The monoisotopic (exact) mass is 521 g/mol. The summed E-state index contributed by atoms with van der Waals surface area (Å²) in [5.74, 6) is 0.320. The first-order valence-electron chi connectivity index (χ1n) is 14.6. The van der Waals surface area contributed by atoms with Crippen molar-refractivity contribution in [3.63, 3.8) is 0 Å². The fourth-order valence-electron chi connectivity index (χ4n) is 7.32. The molecule has 1 saturated carbocycles. The van der Waals surface area contributed by atoms with E-state index < -0.39 is 23.7 Å². The number of rotatable bonds is 3. The molecule has 206 valence electrons. The molecule has 1 spiro atoms. The molecule has 0 bridgehead atoms. The number of hydrogen-bond donors (Lipinski definition) is 0. The molecule has 1 aliphatic carbocycles. The number of carbonyl (C=O) groups excluding carboxylic acids is 2. The highest BCUT2D eigenvalue weighted by Crippen LogP contribution is 2.51. The summed E-state index contributed by atoms with van der Waals surface area (Å²) < 4.78 is 12.8. The van der Waals surface area contributed by atoms with Gasteiger partial charge >= 0.3 is 7.12 Å². The quantitative estimate of drug-likeness (QED) is 0.571. The first kappa shape index (κ1) is 26.3. The second-order valence-corrected chi connectivity index (χ2v) is 14.3. The summed E-state index contributed by atoms with van der Waals surface area (Å²) >= 11 is 0. The third-order valence-electron chi connectivity index (χ3n) is 10.7. The number of likely N-dealkylation sites (tertiary alicyclic amines) is 2. The van der Waals surface area contributed by atoms with Crippen molar-refractivity contribution >= 4 is 30.1 Å². The van der Waals surface area contributed by atoms with Crippen molar-refractivity contribution in [2.45, 2.75) is 109 Å². The lowest BCUT2D eigenvalue weighted by Gasteiger charge is -2.46. The summed E-state index contributed by atoms with van der Waals surface area (Å²) in [5, 5.41) is 0. The van der Waals surface area contributed by atoms with Gasteiger partial charge in [0, 0.05) is 44.3 Å². The van der Waals surface area contributed by atoms with Crippen LogP contribution in [0, 0.1) is 5.41 Å². The van der Waals surface area contributed by atoms with E-state index >= 15 is 0 Å². The Hall–Kier alpha value is -1.90. The van der Waals surface area contributed by atoms with Crippen LogP contribution in [-0.4, -0.2) is 78.2 Å². The minimum atomic E-state index is -0.545. The van der Waals surface area contributed by atoms with Gasteiger partial charge in [-0.05, 0) is 88.9 Å². The van der Waals surface area contributed by atoms with Crippen LogP contribution >= 0.6 is 0 Å². The molecule has 38 heavy (non-hydrogen) atoms. The van der Waals surface area contributed by atoms with Crippen LogP contribution in [0.3, 0.4) is 0 Å². The molecular weight excluding hydrogens is 477 g/mol. The zero-order valence-corrected chi connectivity index (χ0v) is 24.3. The van der Waals surface area contributed by atoms with Gasteiger partial charge in [0.1, 0.15) is 0 Å². The molecule has 1 aromatic rings. The van der Waals surface area contributed by atoms with Crippen LogP contribution in [0.15, 0.2) is 18.2 Å². The van der Waals surface area contributed by atoms with E-state index in [4.69, 9.17) is 9.31 Å². The van der Waals surface area contributed by atoms with Crippen molar-refractivity contribution < 1.29 is 18.9 Å². The minimum absolute atomic E-state index is 0.0915. The van der Waals surface area contributed by atoms with Gasteiger partial charge in [-0.15, -0.1) is 0 Å². The van der Waals surface area contributed by atoms with Crippen LogP contribution in [-0.2, 0) is 24.3 Å². The van der Waals surface area contributed by atoms with Gasteiger partial charge in [0.05, 0.1) is 16.6 Å². The van der Waals surface area contributed by atoms with Gasteiger partial charge in [-0.25, -0.2) is 0 Å². The van der Waals surface area contributed by atoms with Gasteiger partial charge in [-0.2, -0.15) is 0 Å². The molecule has 6 rings (SSSR count). The maximum Gasteiger partial charge on any atom is 0.494 e.